The van der Waals surface area contributed by atoms with Crippen molar-refractivity contribution >= 4 is 22.6 Å². The maximum absolute atomic E-state index is 15.8. The van der Waals surface area contributed by atoms with Gasteiger partial charge in [-0.2, -0.15) is 13.9 Å². The van der Waals surface area contributed by atoms with E-state index >= 15 is 4.39 Å². The molecule has 6 rings (SSSR count). The summed E-state index contributed by atoms with van der Waals surface area (Å²) in [6, 6.07) is 17.6. The molecule has 0 unspecified atom stereocenters. The number of aromatic carboxylic acids is 1. The van der Waals surface area contributed by atoms with Crippen LogP contribution in [0.4, 0.5) is 18.9 Å². The maximum atomic E-state index is 15.8. The number of hydrogen-bond acceptors (Lipinski definition) is 6. The van der Waals surface area contributed by atoms with Gasteiger partial charge in [0.25, 0.3) is 0 Å². The molecule has 1 fully saturated rings. The number of nitrogens with zero attached hydrogens (tertiary/aromatic N) is 5. The van der Waals surface area contributed by atoms with Crippen molar-refractivity contribution in [2.75, 3.05) is 18.0 Å². The van der Waals surface area contributed by atoms with E-state index in [9.17, 15) is 23.5 Å². The van der Waals surface area contributed by atoms with Crippen molar-refractivity contribution in [3.8, 4) is 11.4 Å². The number of carboxylic acid groups (broad SMARTS) is 1. The number of carboxylic acids is 1. The number of fused-ring (bicyclic) bond motifs is 1. The summed E-state index contributed by atoms with van der Waals surface area (Å²) in [5.74, 6) is -2.79. The fourth-order valence-electron chi connectivity index (χ4n) is 5.69. The van der Waals surface area contributed by atoms with E-state index < -0.39 is 35.1 Å². The van der Waals surface area contributed by atoms with Crippen LogP contribution < -0.4 is 15.1 Å². The molecule has 0 bridgehead atoms. The third-order valence-corrected chi connectivity index (χ3v) is 7.72. The van der Waals surface area contributed by atoms with E-state index in [1.54, 1.807) is 40.2 Å². The highest BCUT2D eigenvalue weighted by Crippen LogP contribution is 2.42. The average molecular weight is 590 g/mol. The number of halogens is 3. The number of hydrogen-bond donors (Lipinski definition) is 1. The molecule has 0 atom stereocenters. The van der Waals surface area contributed by atoms with Gasteiger partial charge in [-0.15, -0.1) is 0 Å². The van der Waals surface area contributed by atoms with Gasteiger partial charge >= 0.3 is 12.6 Å². The minimum Gasteiger partial charge on any atom is -0.477 e. The molecule has 2 aromatic heterocycles. The van der Waals surface area contributed by atoms with E-state index in [0.29, 0.717) is 38.2 Å². The summed E-state index contributed by atoms with van der Waals surface area (Å²) >= 11 is 0. The Morgan fingerprint density at radius 2 is 1.79 bits per heavy atom. The quantitative estimate of drug-likeness (QED) is 0.257. The molecule has 0 aliphatic carbocycles. The predicted molar refractivity (Wildman–Crippen MR) is 153 cm³/mol. The van der Waals surface area contributed by atoms with Gasteiger partial charge in [-0.1, -0.05) is 42.5 Å². The lowest BCUT2D eigenvalue weighted by Crippen LogP contribution is -2.34. The number of carbonyl (C=O) groups is 1. The van der Waals surface area contributed by atoms with Crippen LogP contribution in [-0.4, -0.2) is 50.1 Å². The Hall–Kier alpha value is -5.13. The lowest BCUT2D eigenvalue weighted by Gasteiger charge is -2.35. The highest BCUT2D eigenvalue weighted by atomic mass is 19.3. The number of rotatable bonds is 8. The molecule has 0 radical (unpaired) electrons. The van der Waals surface area contributed by atoms with E-state index in [4.69, 9.17) is 4.74 Å². The minimum absolute atomic E-state index is 0.152. The number of anilines is 1. The Kier molecular flexibility index (Phi) is 7.58. The normalized spacial score (nSPS) is 14.0. The molecule has 3 aromatic carbocycles. The third-order valence-electron chi connectivity index (χ3n) is 7.72. The van der Waals surface area contributed by atoms with Crippen LogP contribution in [0.2, 0.25) is 0 Å². The molecule has 1 aliphatic heterocycles. The topological polar surface area (TPSA) is 102 Å². The average Bonchev–Trinajstić information content (AvgIpc) is 3.51. The Labute approximate surface area is 243 Å². The number of pyridine rings is 1. The Morgan fingerprint density at radius 3 is 2.42 bits per heavy atom. The van der Waals surface area contributed by atoms with Gasteiger partial charge in [-0.05, 0) is 48.1 Å². The molecule has 1 N–H and O–H groups in total. The largest absolute Gasteiger partial charge is 0.477 e. The van der Waals surface area contributed by atoms with Crippen molar-refractivity contribution in [3.05, 3.63) is 112 Å². The molecule has 12 heteroatoms. The van der Waals surface area contributed by atoms with Gasteiger partial charge in [0.15, 0.2) is 11.6 Å². The second kappa shape index (κ2) is 11.6. The van der Waals surface area contributed by atoms with Crippen LogP contribution in [0.1, 0.15) is 40.2 Å². The van der Waals surface area contributed by atoms with Gasteiger partial charge in [0.1, 0.15) is 29.4 Å². The van der Waals surface area contributed by atoms with E-state index in [0.717, 1.165) is 23.4 Å². The standard InChI is InChI=1S/C31H26F3N5O4/c32-25-14-23-26(29(43-31(33)34)27(25)37-12-10-21(11-13-37)20-4-2-1-3-5-20)39(16-24(28(23)40)30(41)42)22-8-6-19(7-9-22)15-38-18-35-17-36-38/h1-9,14,16-18,21,31H,10-13,15H2,(H,41,42). The highest BCUT2D eigenvalue weighted by molar-refractivity contribution is 5.97. The van der Waals surface area contributed by atoms with Crippen LogP contribution in [0.3, 0.4) is 0 Å². The van der Waals surface area contributed by atoms with Crippen LogP contribution >= 0.6 is 0 Å². The smallest absolute Gasteiger partial charge is 0.387 e. The van der Waals surface area contributed by atoms with Crippen molar-refractivity contribution in [1.82, 2.24) is 19.3 Å². The molecule has 3 heterocycles. The summed E-state index contributed by atoms with van der Waals surface area (Å²) in [7, 11) is 0. The molecule has 0 amide bonds. The van der Waals surface area contributed by atoms with Crippen LogP contribution in [0.25, 0.3) is 16.6 Å². The van der Waals surface area contributed by atoms with E-state index in [2.05, 4.69) is 10.1 Å². The van der Waals surface area contributed by atoms with Gasteiger partial charge in [0.2, 0.25) is 5.43 Å². The van der Waals surface area contributed by atoms with Gasteiger partial charge in [-0.25, -0.2) is 18.9 Å². The zero-order chi connectivity index (χ0) is 30.1. The molecular weight excluding hydrogens is 563 g/mol. The lowest BCUT2D eigenvalue weighted by molar-refractivity contribution is -0.0488. The van der Waals surface area contributed by atoms with E-state index in [1.165, 1.54) is 10.9 Å². The van der Waals surface area contributed by atoms with Gasteiger partial charge < -0.3 is 19.3 Å². The Morgan fingerprint density at radius 1 is 1.07 bits per heavy atom. The van der Waals surface area contributed by atoms with Gasteiger partial charge in [0.05, 0.1) is 11.9 Å². The highest BCUT2D eigenvalue weighted by Gasteiger charge is 2.30. The van der Waals surface area contributed by atoms with Crippen molar-refractivity contribution in [2.45, 2.75) is 31.9 Å². The summed E-state index contributed by atoms with van der Waals surface area (Å²) in [4.78, 5) is 30.8. The molecular formula is C31H26F3N5O4. The molecule has 0 saturated carbocycles. The first kappa shape index (κ1) is 28.0. The molecule has 220 valence electrons. The minimum atomic E-state index is -3.33. The van der Waals surface area contributed by atoms with Crippen LogP contribution in [-0.2, 0) is 6.54 Å². The molecule has 1 aliphatic rings. The van der Waals surface area contributed by atoms with Crippen molar-refractivity contribution in [3.63, 3.8) is 0 Å². The molecule has 9 nitrogen and oxygen atoms in total. The first-order chi connectivity index (χ1) is 20.8. The molecule has 5 aromatic rings. The van der Waals surface area contributed by atoms with Crippen molar-refractivity contribution in [1.29, 1.82) is 0 Å². The molecule has 0 spiro atoms. The SMILES string of the molecule is O=C(O)c1cn(-c2ccc(Cn3cncn3)cc2)c2c(OC(F)F)c(N3CCC(c4ccccc4)CC3)c(F)cc2c1=O. The van der Waals surface area contributed by atoms with Crippen LogP contribution in [0.5, 0.6) is 5.75 Å². The van der Waals surface area contributed by atoms with Crippen molar-refractivity contribution < 1.29 is 27.8 Å². The zero-order valence-corrected chi connectivity index (χ0v) is 22.7. The fraction of sp³-hybridized carbons (Fsp3) is 0.226. The van der Waals surface area contributed by atoms with E-state index in [1.807, 2.05) is 30.3 Å². The van der Waals surface area contributed by atoms with Crippen LogP contribution in [0, 0.1) is 5.82 Å². The predicted octanol–water partition coefficient (Wildman–Crippen LogP) is 5.45. The summed E-state index contributed by atoms with van der Waals surface area (Å²) in [5.41, 5.74) is 0.336. The lowest BCUT2D eigenvalue weighted by atomic mass is 9.89. The monoisotopic (exact) mass is 589 g/mol. The first-order valence-corrected chi connectivity index (χ1v) is 13.6. The summed E-state index contributed by atoms with van der Waals surface area (Å²) < 4.78 is 51.6. The zero-order valence-electron chi connectivity index (χ0n) is 22.7. The molecule has 1 saturated heterocycles. The van der Waals surface area contributed by atoms with E-state index in [-0.39, 0.29) is 22.5 Å². The second-order valence-corrected chi connectivity index (χ2v) is 10.3. The Balaban J connectivity index is 1.48. The maximum Gasteiger partial charge on any atom is 0.387 e. The summed E-state index contributed by atoms with van der Waals surface area (Å²) in [6.07, 6.45) is 5.30. The fourth-order valence-corrected chi connectivity index (χ4v) is 5.69. The number of alkyl halides is 2. The number of piperidine rings is 1. The van der Waals surface area contributed by atoms with Gasteiger partial charge in [-0.3, -0.25) is 4.79 Å². The molecule has 43 heavy (non-hydrogen) atoms. The second-order valence-electron chi connectivity index (χ2n) is 10.3. The number of aromatic nitrogens is 4. The van der Waals surface area contributed by atoms with Crippen molar-refractivity contribution in [2.24, 2.45) is 0 Å². The number of benzene rings is 3. The number of ether oxygens (including phenoxy) is 1. The van der Waals surface area contributed by atoms with Gasteiger partial charge in [0, 0.05) is 25.0 Å². The summed E-state index contributed by atoms with van der Waals surface area (Å²) in [6.45, 7) is -2.22. The Bertz CT molecular complexity index is 1820. The summed E-state index contributed by atoms with van der Waals surface area (Å²) in [5, 5.41) is 13.4. The third kappa shape index (κ3) is 5.55. The first-order valence-electron chi connectivity index (χ1n) is 13.6. The van der Waals surface area contributed by atoms with Crippen LogP contribution in [0.15, 0.2) is 84.3 Å².